The number of carbonyl (C=O) groups is 1. The van der Waals surface area contributed by atoms with Gasteiger partial charge < -0.3 is 9.84 Å². The van der Waals surface area contributed by atoms with Crippen molar-refractivity contribution in [1.82, 2.24) is 10.5 Å². The Bertz CT molecular complexity index is 862. The molecule has 3 rings (SSSR count). The molecule has 2 heterocycles. The Labute approximate surface area is 164 Å². The van der Waals surface area contributed by atoms with Gasteiger partial charge in [0, 0.05) is 10.4 Å². The average Bonchev–Trinajstić information content (AvgIpc) is 3.31. The standard InChI is InChI=1S/C22H26N2O2S/c1-5-14(2)17-8-10-18(11-9-17)22(20-7-6-12-27-20)23-21(25)13-19-15(3)24-26-16(19)4/h6-12,14,22H,5,13H2,1-4H3,(H,23,25). The highest BCUT2D eigenvalue weighted by Gasteiger charge is 2.20. The summed E-state index contributed by atoms with van der Waals surface area (Å²) in [6.07, 6.45) is 1.38. The zero-order valence-electron chi connectivity index (χ0n) is 16.3. The number of nitrogens with zero attached hydrogens (tertiary/aromatic N) is 1. The van der Waals surface area contributed by atoms with Crippen molar-refractivity contribution < 1.29 is 9.32 Å². The molecule has 0 radical (unpaired) electrons. The van der Waals surface area contributed by atoms with Crippen molar-refractivity contribution in [2.75, 3.05) is 0 Å². The number of benzene rings is 1. The van der Waals surface area contributed by atoms with Crippen LogP contribution in [0.4, 0.5) is 0 Å². The predicted molar refractivity (Wildman–Crippen MR) is 109 cm³/mol. The maximum atomic E-state index is 12.7. The molecule has 0 aliphatic heterocycles. The van der Waals surface area contributed by atoms with Gasteiger partial charge in [-0.3, -0.25) is 4.79 Å². The van der Waals surface area contributed by atoms with E-state index >= 15 is 0 Å². The van der Waals surface area contributed by atoms with E-state index in [1.54, 1.807) is 11.3 Å². The summed E-state index contributed by atoms with van der Waals surface area (Å²) in [7, 11) is 0. The van der Waals surface area contributed by atoms with Crippen LogP contribution >= 0.6 is 11.3 Å². The Morgan fingerprint density at radius 2 is 1.89 bits per heavy atom. The lowest BCUT2D eigenvalue weighted by Crippen LogP contribution is -2.30. The highest BCUT2D eigenvalue weighted by atomic mass is 32.1. The first-order valence-electron chi connectivity index (χ1n) is 9.34. The third-order valence-electron chi connectivity index (χ3n) is 5.10. The summed E-state index contributed by atoms with van der Waals surface area (Å²) >= 11 is 1.65. The first kappa shape index (κ1) is 19.4. The van der Waals surface area contributed by atoms with E-state index in [2.05, 4.69) is 54.7 Å². The van der Waals surface area contributed by atoms with E-state index in [9.17, 15) is 4.79 Å². The molecule has 2 aromatic heterocycles. The molecule has 0 bridgehead atoms. The van der Waals surface area contributed by atoms with Crippen molar-refractivity contribution in [2.24, 2.45) is 0 Å². The lowest BCUT2D eigenvalue weighted by atomic mass is 9.95. The number of rotatable bonds is 7. The zero-order valence-corrected chi connectivity index (χ0v) is 17.1. The zero-order chi connectivity index (χ0) is 19.4. The topological polar surface area (TPSA) is 55.1 Å². The van der Waals surface area contributed by atoms with E-state index < -0.39 is 0 Å². The molecular formula is C22H26N2O2S. The van der Waals surface area contributed by atoms with Gasteiger partial charge in [0.1, 0.15) is 5.76 Å². The van der Waals surface area contributed by atoms with Crippen LogP contribution in [0.3, 0.4) is 0 Å². The van der Waals surface area contributed by atoms with Crippen LogP contribution in [0.2, 0.25) is 0 Å². The molecule has 2 atom stereocenters. The molecule has 142 valence electrons. The van der Waals surface area contributed by atoms with Gasteiger partial charge in [-0.2, -0.15) is 0 Å². The minimum absolute atomic E-state index is 0.0335. The van der Waals surface area contributed by atoms with Gasteiger partial charge >= 0.3 is 0 Å². The second-order valence-corrected chi connectivity index (χ2v) is 7.95. The summed E-state index contributed by atoms with van der Waals surface area (Å²) in [4.78, 5) is 13.9. The molecule has 1 amide bonds. The molecule has 1 N–H and O–H groups in total. The third kappa shape index (κ3) is 4.48. The molecule has 0 aliphatic carbocycles. The van der Waals surface area contributed by atoms with Crippen LogP contribution in [0, 0.1) is 13.8 Å². The van der Waals surface area contributed by atoms with Crippen LogP contribution in [0.15, 0.2) is 46.3 Å². The van der Waals surface area contributed by atoms with E-state index in [1.165, 1.54) is 5.56 Å². The molecule has 0 spiro atoms. The summed E-state index contributed by atoms with van der Waals surface area (Å²) in [5.41, 5.74) is 4.06. The van der Waals surface area contributed by atoms with E-state index in [-0.39, 0.29) is 18.4 Å². The van der Waals surface area contributed by atoms with Gasteiger partial charge in [-0.15, -0.1) is 11.3 Å². The monoisotopic (exact) mass is 382 g/mol. The van der Waals surface area contributed by atoms with Crippen molar-refractivity contribution >= 4 is 17.2 Å². The molecule has 27 heavy (non-hydrogen) atoms. The SMILES string of the molecule is CCC(C)c1ccc(C(NC(=O)Cc2c(C)noc2C)c2cccs2)cc1. The fourth-order valence-corrected chi connectivity index (χ4v) is 3.96. The largest absolute Gasteiger partial charge is 0.361 e. The average molecular weight is 383 g/mol. The van der Waals surface area contributed by atoms with Crippen LogP contribution in [0.25, 0.3) is 0 Å². The van der Waals surface area contributed by atoms with E-state index in [4.69, 9.17) is 4.52 Å². The van der Waals surface area contributed by atoms with Gasteiger partial charge in [-0.05, 0) is 48.8 Å². The van der Waals surface area contributed by atoms with Crippen LogP contribution in [-0.4, -0.2) is 11.1 Å². The van der Waals surface area contributed by atoms with Crippen molar-refractivity contribution in [1.29, 1.82) is 0 Å². The van der Waals surface area contributed by atoms with Crippen molar-refractivity contribution in [3.05, 3.63) is 74.8 Å². The van der Waals surface area contributed by atoms with Crippen LogP contribution in [0.5, 0.6) is 0 Å². The van der Waals surface area contributed by atoms with Crippen LogP contribution in [0.1, 0.15) is 65.2 Å². The molecular weight excluding hydrogens is 356 g/mol. The number of carbonyl (C=O) groups excluding carboxylic acids is 1. The number of nitrogens with one attached hydrogen (secondary N) is 1. The number of thiophene rings is 1. The Hall–Kier alpha value is -2.40. The molecule has 0 aliphatic rings. The van der Waals surface area contributed by atoms with Crippen molar-refractivity contribution in [3.8, 4) is 0 Å². The summed E-state index contributed by atoms with van der Waals surface area (Å²) in [5, 5.41) is 9.17. The maximum Gasteiger partial charge on any atom is 0.225 e. The number of hydrogen-bond acceptors (Lipinski definition) is 4. The first-order valence-corrected chi connectivity index (χ1v) is 10.2. The number of hydrogen-bond donors (Lipinski definition) is 1. The van der Waals surface area contributed by atoms with E-state index in [1.807, 2.05) is 25.3 Å². The van der Waals surface area contributed by atoms with Gasteiger partial charge in [0.2, 0.25) is 5.91 Å². The summed E-state index contributed by atoms with van der Waals surface area (Å²) in [6, 6.07) is 12.5. The molecule has 0 saturated carbocycles. The van der Waals surface area contributed by atoms with Crippen LogP contribution < -0.4 is 5.32 Å². The summed E-state index contributed by atoms with van der Waals surface area (Å²) in [6.45, 7) is 8.13. The van der Waals surface area contributed by atoms with Gasteiger partial charge in [-0.1, -0.05) is 49.3 Å². The molecule has 5 heteroatoms. The molecule has 1 aromatic carbocycles. The fraction of sp³-hybridized carbons (Fsp3) is 0.364. The predicted octanol–water partition coefficient (Wildman–Crippen LogP) is 5.31. The minimum Gasteiger partial charge on any atom is -0.361 e. The first-order chi connectivity index (χ1) is 13.0. The number of amides is 1. The van der Waals surface area contributed by atoms with E-state index in [0.717, 1.165) is 28.1 Å². The second-order valence-electron chi connectivity index (χ2n) is 6.97. The lowest BCUT2D eigenvalue weighted by molar-refractivity contribution is -0.120. The molecule has 4 nitrogen and oxygen atoms in total. The Morgan fingerprint density at radius 1 is 1.19 bits per heavy atom. The highest BCUT2D eigenvalue weighted by molar-refractivity contribution is 7.10. The van der Waals surface area contributed by atoms with Gasteiger partial charge in [0.05, 0.1) is 18.2 Å². The Kier molecular flexibility index (Phi) is 6.11. The summed E-state index contributed by atoms with van der Waals surface area (Å²) in [5.74, 6) is 1.20. The molecule has 2 unspecified atom stereocenters. The fourth-order valence-electron chi connectivity index (χ4n) is 3.15. The molecule has 0 fully saturated rings. The van der Waals surface area contributed by atoms with Gasteiger partial charge in [0.15, 0.2) is 0 Å². The van der Waals surface area contributed by atoms with Gasteiger partial charge in [0.25, 0.3) is 0 Å². The van der Waals surface area contributed by atoms with Gasteiger partial charge in [-0.25, -0.2) is 0 Å². The van der Waals surface area contributed by atoms with Crippen molar-refractivity contribution in [3.63, 3.8) is 0 Å². The Morgan fingerprint density at radius 3 is 2.44 bits per heavy atom. The quantitative estimate of drug-likeness (QED) is 0.602. The minimum atomic E-state index is -0.149. The Balaban J connectivity index is 1.81. The third-order valence-corrected chi connectivity index (χ3v) is 6.04. The number of aryl methyl sites for hydroxylation is 2. The van der Waals surface area contributed by atoms with E-state index in [0.29, 0.717) is 11.7 Å². The smallest absolute Gasteiger partial charge is 0.225 e. The summed E-state index contributed by atoms with van der Waals surface area (Å²) < 4.78 is 5.18. The maximum absolute atomic E-state index is 12.7. The van der Waals surface area contributed by atoms with Crippen LogP contribution in [-0.2, 0) is 11.2 Å². The van der Waals surface area contributed by atoms with Crippen molar-refractivity contribution in [2.45, 2.75) is 52.5 Å². The lowest BCUT2D eigenvalue weighted by Gasteiger charge is -2.19. The molecule has 3 aromatic rings. The number of aromatic nitrogens is 1. The molecule has 0 saturated heterocycles. The normalized spacial score (nSPS) is 13.3. The highest BCUT2D eigenvalue weighted by Crippen LogP contribution is 2.28. The second kappa shape index (κ2) is 8.53.